The van der Waals surface area contributed by atoms with E-state index in [1.165, 1.54) is 15.9 Å². The summed E-state index contributed by atoms with van der Waals surface area (Å²) in [4.78, 5) is -0.116. The number of rotatable bonds is 5. The van der Waals surface area contributed by atoms with E-state index in [1.807, 2.05) is 18.2 Å². The summed E-state index contributed by atoms with van der Waals surface area (Å²) in [6, 6.07) is 31.6. The molecule has 0 heterocycles. The number of aliphatic hydroxyl groups excluding tert-OH is 1. The second-order valence-corrected chi connectivity index (χ2v) is 10.8. The molecule has 3 aromatic carbocycles. The van der Waals surface area contributed by atoms with Gasteiger partial charge in [-0.25, -0.2) is 0 Å². The van der Waals surface area contributed by atoms with Crippen LogP contribution in [0.2, 0.25) is 0 Å². The maximum absolute atomic E-state index is 10.0. The Morgan fingerprint density at radius 2 is 0.957 bits per heavy atom. The second kappa shape index (κ2) is 7.31. The van der Waals surface area contributed by atoms with Crippen molar-refractivity contribution in [2.45, 2.75) is 4.99 Å². The summed E-state index contributed by atoms with van der Waals surface area (Å²) in [6.07, 6.45) is 0. The van der Waals surface area contributed by atoms with Crippen LogP contribution in [0.1, 0.15) is 0 Å². The van der Waals surface area contributed by atoms with Crippen molar-refractivity contribution in [1.82, 2.24) is 0 Å². The number of thiol groups is 1. The first-order valence-electron chi connectivity index (χ1n) is 7.75. The summed E-state index contributed by atoms with van der Waals surface area (Å²) >= 11 is 4.86. The molecule has 1 nitrogen and oxygen atoms in total. The van der Waals surface area contributed by atoms with E-state index >= 15 is 0 Å². The Hall–Kier alpha value is -1.60. The predicted octanol–water partition coefficient (Wildman–Crippen LogP) is 2.96. The van der Waals surface area contributed by atoms with Gasteiger partial charge in [0.2, 0.25) is 0 Å². The van der Waals surface area contributed by atoms with Crippen LogP contribution in [0.3, 0.4) is 0 Å². The minimum atomic E-state index is -2.41. The normalized spacial score (nSPS) is 13.5. The molecule has 0 aliphatic carbocycles. The Morgan fingerprint density at radius 1 is 0.652 bits per heavy atom. The number of hydrogen-bond acceptors (Lipinski definition) is 2. The molecule has 0 amide bonds. The molecule has 23 heavy (non-hydrogen) atoms. The molecular formula is C20H21OPS. The van der Waals surface area contributed by atoms with E-state index in [-0.39, 0.29) is 11.6 Å². The Morgan fingerprint density at radius 3 is 1.22 bits per heavy atom. The SMILES string of the molecule is OCC(S)[PH](c1ccccc1)(c1ccccc1)c1ccccc1. The van der Waals surface area contributed by atoms with Gasteiger partial charge in [0.1, 0.15) is 0 Å². The van der Waals surface area contributed by atoms with Crippen molar-refractivity contribution >= 4 is 35.8 Å². The third-order valence-electron chi connectivity index (χ3n) is 4.36. The first kappa shape index (κ1) is 16.3. The number of aliphatic hydroxyl groups is 1. The Bertz CT molecular complexity index is 635. The van der Waals surface area contributed by atoms with E-state index in [0.717, 1.165) is 0 Å². The van der Waals surface area contributed by atoms with Crippen LogP contribution in [0, 0.1) is 0 Å². The molecule has 1 unspecified atom stereocenters. The zero-order valence-corrected chi connectivity index (χ0v) is 14.7. The molecule has 0 radical (unpaired) electrons. The summed E-state index contributed by atoms with van der Waals surface area (Å²) in [5, 5.41) is 13.8. The molecular weight excluding hydrogens is 319 g/mol. The third-order valence-corrected chi connectivity index (χ3v) is 10.6. The number of hydrogen-bond donors (Lipinski definition) is 2. The standard InChI is InChI=1S/C20H21OPS/c21-16-20(23)22(17-10-4-1-5-11-17,18-12-6-2-7-13-18)19-14-8-3-9-15-19/h1-15,20-23H,16H2. The fraction of sp³-hybridized carbons (Fsp3) is 0.100. The maximum atomic E-state index is 10.0. The molecule has 0 saturated carbocycles. The molecule has 118 valence electrons. The van der Waals surface area contributed by atoms with Crippen molar-refractivity contribution in [3.8, 4) is 0 Å². The fourth-order valence-corrected chi connectivity index (χ4v) is 9.24. The van der Waals surface area contributed by atoms with Crippen LogP contribution in [0.5, 0.6) is 0 Å². The van der Waals surface area contributed by atoms with E-state index in [2.05, 4.69) is 72.8 Å². The van der Waals surface area contributed by atoms with Crippen LogP contribution in [-0.2, 0) is 0 Å². The molecule has 0 spiro atoms. The average molecular weight is 340 g/mol. The molecule has 1 atom stereocenters. The Labute approximate surface area is 143 Å². The second-order valence-electron chi connectivity index (χ2n) is 5.60. The summed E-state index contributed by atoms with van der Waals surface area (Å²) in [5.74, 6) is 0. The first-order valence-corrected chi connectivity index (χ1v) is 10.3. The fourth-order valence-electron chi connectivity index (χ4n) is 3.32. The predicted molar refractivity (Wildman–Crippen MR) is 106 cm³/mol. The summed E-state index contributed by atoms with van der Waals surface area (Å²) in [5.41, 5.74) is 0. The van der Waals surface area contributed by atoms with Crippen molar-refractivity contribution in [2.75, 3.05) is 6.61 Å². The molecule has 0 aliphatic heterocycles. The molecule has 0 saturated heterocycles. The van der Waals surface area contributed by atoms with Gasteiger partial charge in [-0.3, -0.25) is 0 Å². The van der Waals surface area contributed by atoms with E-state index in [0.29, 0.717) is 0 Å². The van der Waals surface area contributed by atoms with Gasteiger partial charge in [-0.15, -0.1) is 0 Å². The summed E-state index contributed by atoms with van der Waals surface area (Å²) < 4.78 is 0. The zero-order chi connectivity index (χ0) is 16.1. The van der Waals surface area contributed by atoms with Gasteiger partial charge in [0.25, 0.3) is 0 Å². The Balaban J connectivity index is 2.35. The van der Waals surface area contributed by atoms with Gasteiger partial charge in [0.15, 0.2) is 0 Å². The molecule has 0 bridgehead atoms. The Kier molecular flexibility index (Phi) is 5.17. The average Bonchev–Trinajstić information content (AvgIpc) is 2.65. The molecule has 3 rings (SSSR count). The molecule has 0 aliphatic rings. The quantitative estimate of drug-likeness (QED) is 0.540. The van der Waals surface area contributed by atoms with Crippen molar-refractivity contribution in [1.29, 1.82) is 0 Å². The molecule has 0 fully saturated rings. The van der Waals surface area contributed by atoms with Crippen LogP contribution < -0.4 is 15.9 Å². The van der Waals surface area contributed by atoms with Gasteiger partial charge in [-0.05, 0) is 0 Å². The van der Waals surface area contributed by atoms with Gasteiger partial charge in [0, 0.05) is 0 Å². The van der Waals surface area contributed by atoms with Crippen LogP contribution in [0.4, 0.5) is 0 Å². The van der Waals surface area contributed by atoms with Crippen molar-refractivity contribution in [2.24, 2.45) is 0 Å². The van der Waals surface area contributed by atoms with Gasteiger partial charge in [-0.2, -0.15) is 0 Å². The minimum absolute atomic E-state index is 0.0496. The molecule has 0 aromatic heterocycles. The third kappa shape index (κ3) is 2.95. The molecule has 1 N–H and O–H groups in total. The van der Waals surface area contributed by atoms with Gasteiger partial charge < -0.3 is 0 Å². The van der Waals surface area contributed by atoms with Crippen molar-refractivity contribution in [3.05, 3.63) is 91.0 Å². The van der Waals surface area contributed by atoms with Crippen molar-refractivity contribution in [3.63, 3.8) is 0 Å². The van der Waals surface area contributed by atoms with Crippen LogP contribution >= 0.6 is 19.9 Å². The zero-order valence-electron chi connectivity index (χ0n) is 12.8. The van der Waals surface area contributed by atoms with Crippen LogP contribution in [0.25, 0.3) is 0 Å². The van der Waals surface area contributed by atoms with Gasteiger partial charge >= 0.3 is 144 Å². The monoisotopic (exact) mass is 340 g/mol. The number of benzene rings is 3. The van der Waals surface area contributed by atoms with Gasteiger partial charge in [-0.1, -0.05) is 0 Å². The van der Waals surface area contributed by atoms with Crippen LogP contribution in [-0.4, -0.2) is 16.7 Å². The first-order chi connectivity index (χ1) is 11.3. The van der Waals surface area contributed by atoms with Crippen molar-refractivity contribution < 1.29 is 5.11 Å². The summed E-state index contributed by atoms with van der Waals surface area (Å²) in [7, 11) is -2.41. The summed E-state index contributed by atoms with van der Waals surface area (Å²) in [6.45, 7) is 0.0496. The van der Waals surface area contributed by atoms with Gasteiger partial charge in [0.05, 0.1) is 0 Å². The van der Waals surface area contributed by atoms with E-state index < -0.39 is 7.26 Å². The van der Waals surface area contributed by atoms with Crippen LogP contribution in [0.15, 0.2) is 91.0 Å². The van der Waals surface area contributed by atoms with E-state index in [4.69, 9.17) is 12.6 Å². The topological polar surface area (TPSA) is 20.2 Å². The molecule has 3 aromatic rings. The van der Waals surface area contributed by atoms with E-state index in [1.54, 1.807) is 0 Å². The van der Waals surface area contributed by atoms with E-state index in [9.17, 15) is 5.11 Å². The molecule has 3 heteroatoms.